The summed E-state index contributed by atoms with van der Waals surface area (Å²) in [4.78, 5) is 31.0. The zero-order chi connectivity index (χ0) is 23.0. The van der Waals surface area contributed by atoms with Gasteiger partial charge in [-0.1, -0.05) is 38.1 Å². The number of carbonyl (C=O) groups excluding carboxylic acids is 2. The van der Waals surface area contributed by atoms with Crippen molar-refractivity contribution >= 4 is 11.8 Å². The molecule has 0 aromatic heterocycles. The van der Waals surface area contributed by atoms with Gasteiger partial charge in [-0.05, 0) is 47.6 Å². The Kier molecular flexibility index (Phi) is 6.13. The van der Waals surface area contributed by atoms with Crippen molar-refractivity contribution in [1.29, 1.82) is 0 Å². The third-order valence-electron chi connectivity index (χ3n) is 6.78. The molecule has 0 N–H and O–H groups in total. The Hall–Kier alpha value is -3.02. The summed E-state index contributed by atoms with van der Waals surface area (Å²) in [5, 5.41) is 0. The van der Waals surface area contributed by atoms with E-state index in [1.807, 2.05) is 47.4 Å². The van der Waals surface area contributed by atoms with Gasteiger partial charge in [-0.3, -0.25) is 9.59 Å². The van der Waals surface area contributed by atoms with Crippen LogP contribution in [0.4, 0.5) is 0 Å². The molecule has 2 aromatic carbocycles. The third kappa shape index (κ3) is 3.83. The van der Waals surface area contributed by atoms with E-state index in [0.717, 1.165) is 30.6 Å². The van der Waals surface area contributed by atoms with E-state index in [9.17, 15) is 9.59 Å². The minimum Gasteiger partial charge on any atom is -0.493 e. The summed E-state index contributed by atoms with van der Waals surface area (Å²) in [5.41, 5.74) is 2.25. The van der Waals surface area contributed by atoms with Crippen LogP contribution in [0.2, 0.25) is 0 Å². The predicted octanol–water partition coefficient (Wildman–Crippen LogP) is 4.12. The van der Waals surface area contributed by atoms with E-state index in [0.29, 0.717) is 28.9 Å². The summed E-state index contributed by atoms with van der Waals surface area (Å²) in [7, 11) is 4.96. The molecule has 6 nitrogen and oxygen atoms in total. The van der Waals surface area contributed by atoms with Gasteiger partial charge < -0.3 is 19.3 Å². The van der Waals surface area contributed by atoms with Gasteiger partial charge in [0.15, 0.2) is 11.5 Å². The molecule has 6 heteroatoms. The quantitative estimate of drug-likeness (QED) is 0.724. The van der Waals surface area contributed by atoms with Gasteiger partial charge in [0.05, 0.1) is 26.2 Å². The van der Waals surface area contributed by atoms with Crippen LogP contribution >= 0.6 is 0 Å². The van der Waals surface area contributed by atoms with Crippen molar-refractivity contribution in [2.75, 3.05) is 34.4 Å². The van der Waals surface area contributed by atoms with Crippen LogP contribution in [0.5, 0.6) is 11.5 Å². The van der Waals surface area contributed by atoms with Gasteiger partial charge in [0.25, 0.3) is 5.91 Å². The van der Waals surface area contributed by atoms with Crippen LogP contribution in [-0.2, 0) is 4.79 Å². The number of rotatable bonds is 4. The van der Waals surface area contributed by atoms with E-state index >= 15 is 0 Å². The van der Waals surface area contributed by atoms with Gasteiger partial charge in [0.1, 0.15) is 0 Å². The molecule has 0 aliphatic carbocycles. The first-order valence-corrected chi connectivity index (χ1v) is 11.2. The van der Waals surface area contributed by atoms with Crippen molar-refractivity contribution in [3.8, 4) is 11.5 Å². The maximum Gasteiger partial charge on any atom is 0.254 e. The fourth-order valence-electron chi connectivity index (χ4n) is 5.43. The molecular weight excluding hydrogens is 404 g/mol. The fraction of sp³-hybridized carbons (Fsp3) is 0.462. The maximum absolute atomic E-state index is 14.1. The monoisotopic (exact) mass is 436 g/mol. The molecule has 0 saturated carbocycles. The molecule has 0 bridgehead atoms. The van der Waals surface area contributed by atoms with Gasteiger partial charge in [-0.2, -0.15) is 0 Å². The molecule has 0 spiro atoms. The molecule has 2 amide bonds. The van der Waals surface area contributed by atoms with E-state index in [2.05, 4.69) is 13.8 Å². The normalized spacial score (nSPS) is 25.3. The zero-order valence-corrected chi connectivity index (χ0v) is 19.5. The van der Waals surface area contributed by atoms with Crippen molar-refractivity contribution < 1.29 is 19.1 Å². The second-order valence-electron chi connectivity index (χ2n) is 9.23. The second-order valence-corrected chi connectivity index (χ2v) is 9.23. The van der Waals surface area contributed by atoms with Gasteiger partial charge in [0, 0.05) is 25.7 Å². The molecule has 2 heterocycles. The highest BCUT2D eigenvalue weighted by molar-refractivity contribution is 6.01. The van der Waals surface area contributed by atoms with Crippen LogP contribution < -0.4 is 9.47 Å². The van der Waals surface area contributed by atoms with Crippen molar-refractivity contribution in [3.05, 3.63) is 59.2 Å². The lowest BCUT2D eigenvalue weighted by molar-refractivity contribution is -0.137. The highest BCUT2D eigenvalue weighted by atomic mass is 16.5. The molecule has 2 aliphatic rings. The molecule has 170 valence electrons. The molecule has 0 unspecified atom stereocenters. The van der Waals surface area contributed by atoms with Crippen molar-refractivity contribution in [1.82, 2.24) is 9.80 Å². The topological polar surface area (TPSA) is 59.1 Å². The number of likely N-dealkylation sites (tertiary alicyclic amines) is 1. The van der Waals surface area contributed by atoms with Crippen molar-refractivity contribution in [3.63, 3.8) is 0 Å². The summed E-state index contributed by atoms with van der Waals surface area (Å²) < 4.78 is 10.9. The van der Waals surface area contributed by atoms with Crippen LogP contribution in [0, 0.1) is 11.8 Å². The van der Waals surface area contributed by atoms with Gasteiger partial charge in [0.2, 0.25) is 5.91 Å². The first kappa shape index (κ1) is 22.2. The molecule has 1 fully saturated rings. The summed E-state index contributed by atoms with van der Waals surface area (Å²) >= 11 is 0. The van der Waals surface area contributed by atoms with E-state index in [-0.39, 0.29) is 11.8 Å². The maximum atomic E-state index is 14.1. The van der Waals surface area contributed by atoms with Crippen LogP contribution in [-0.4, -0.2) is 56.0 Å². The number of carbonyl (C=O) groups is 2. The highest BCUT2D eigenvalue weighted by Crippen LogP contribution is 2.45. The number of hydrogen-bond donors (Lipinski definition) is 0. The van der Waals surface area contributed by atoms with E-state index in [1.54, 1.807) is 26.2 Å². The Morgan fingerprint density at radius 1 is 0.969 bits per heavy atom. The number of methoxy groups -OCH3 is 2. The molecule has 32 heavy (non-hydrogen) atoms. The number of fused-ring (bicyclic) bond motifs is 1. The Balaban J connectivity index is 1.83. The summed E-state index contributed by atoms with van der Waals surface area (Å²) in [5.74, 6) is 1.63. The summed E-state index contributed by atoms with van der Waals surface area (Å²) in [6, 6.07) is 12.7. The fourth-order valence-corrected chi connectivity index (χ4v) is 5.43. The molecule has 2 aromatic rings. The van der Waals surface area contributed by atoms with Crippen LogP contribution in [0.3, 0.4) is 0 Å². The van der Waals surface area contributed by atoms with Gasteiger partial charge >= 0.3 is 0 Å². The Morgan fingerprint density at radius 2 is 1.62 bits per heavy atom. The molecule has 1 saturated heterocycles. The predicted molar refractivity (Wildman–Crippen MR) is 123 cm³/mol. The smallest absolute Gasteiger partial charge is 0.254 e. The Labute approximate surface area is 190 Å². The van der Waals surface area contributed by atoms with E-state index < -0.39 is 12.0 Å². The minimum absolute atomic E-state index is 0.0787. The van der Waals surface area contributed by atoms with Gasteiger partial charge in [-0.15, -0.1) is 0 Å². The van der Waals surface area contributed by atoms with Crippen LogP contribution in [0.25, 0.3) is 0 Å². The first-order chi connectivity index (χ1) is 15.3. The van der Waals surface area contributed by atoms with E-state index in [1.165, 1.54) is 0 Å². The number of piperidine rings is 1. The lowest BCUT2D eigenvalue weighted by atomic mass is 9.78. The molecule has 2 aliphatic heterocycles. The third-order valence-corrected chi connectivity index (χ3v) is 6.78. The Morgan fingerprint density at radius 3 is 2.28 bits per heavy atom. The minimum atomic E-state index is -0.482. The standard InChI is InChI=1S/C26H32N2O4/c1-16-12-17(2)15-28(14-16)26(30)23-19-8-6-7-9-20(19)25(29)27(3)24(23)18-10-11-21(31-4)22(13-18)32-5/h6-11,13,16-17,23-24H,12,14-15H2,1-5H3/t16-,17-,23-,24-/m1/s1. The number of nitrogens with zero attached hydrogens (tertiary/aromatic N) is 2. The number of hydrogen-bond acceptors (Lipinski definition) is 4. The lowest BCUT2D eigenvalue weighted by Crippen LogP contribution is -2.50. The molecule has 4 rings (SSSR count). The lowest BCUT2D eigenvalue weighted by Gasteiger charge is -2.43. The number of likely N-dealkylation sites (N-methyl/N-ethyl adjacent to an activating group) is 1. The first-order valence-electron chi connectivity index (χ1n) is 11.2. The summed E-state index contributed by atoms with van der Waals surface area (Å²) in [6.45, 7) is 5.90. The van der Waals surface area contributed by atoms with Crippen molar-refractivity contribution in [2.24, 2.45) is 11.8 Å². The number of amides is 2. The van der Waals surface area contributed by atoms with Crippen LogP contribution in [0.1, 0.15) is 53.7 Å². The van der Waals surface area contributed by atoms with Crippen LogP contribution in [0.15, 0.2) is 42.5 Å². The van der Waals surface area contributed by atoms with E-state index in [4.69, 9.17) is 9.47 Å². The zero-order valence-electron chi connectivity index (χ0n) is 19.5. The largest absolute Gasteiger partial charge is 0.493 e. The number of benzene rings is 2. The Bertz CT molecular complexity index is 1010. The SMILES string of the molecule is COc1ccc([C@@H]2[C@H](C(=O)N3C[C@H](C)C[C@@H](C)C3)c3ccccc3C(=O)N2C)cc1OC. The number of ether oxygens (including phenoxy) is 2. The molecule has 0 radical (unpaired) electrons. The average Bonchev–Trinajstić information content (AvgIpc) is 2.79. The molecule has 4 atom stereocenters. The second kappa shape index (κ2) is 8.85. The summed E-state index contributed by atoms with van der Waals surface area (Å²) in [6.07, 6.45) is 1.13. The average molecular weight is 437 g/mol. The van der Waals surface area contributed by atoms with Crippen molar-refractivity contribution in [2.45, 2.75) is 32.2 Å². The highest BCUT2D eigenvalue weighted by Gasteiger charge is 2.45. The van der Waals surface area contributed by atoms with Gasteiger partial charge in [-0.25, -0.2) is 0 Å². The molecular formula is C26H32N2O4.